The van der Waals surface area contributed by atoms with Gasteiger partial charge in [-0.25, -0.2) is 4.79 Å². The molecule has 1 N–H and O–H groups in total. The van der Waals surface area contributed by atoms with Gasteiger partial charge in [-0.1, -0.05) is 56.4 Å². The SMILES string of the molecule is CC(C)N(C(=O)N[C@H]1CC2(CCN(C3CCCCCCC3)CC2)c2ccccc21)C(C)C. The van der Waals surface area contributed by atoms with Gasteiger partial charge >= 0.3 is 6.03 Å². The van der Waals surface area contributed by atoms with Gasteiger partial charge in [-0.3, -0.25) is 0 Å². The van der Waals surface area contributed by atoms with E-state index in [0.29, 0.717) is 0 Å². The number of piperidine rings is 1. The molecule has 1 spiro atoms. The molecule has 1 saturated heterocycles. The molecule has 2 fully saturated rings. The van der Waals surface area contributed by atoms with Crippen LogP contribution < -0.4 is 5.32 Å². The smallest absolute Gasteiger partial charge is 0.318 e. The highest BCUT2D eigenvalue weighted by Crippen LogP contribution is 2.51. The van der Waals surface area contributed by atoms with Gasteiger partial charge in [0.2, 0.25) is 0 Å². The van der Waals surface area contributed by atoms with Gasteiger partial charge in [0.05, 0.1) is 6.04 Å². The normalized spacial score (nSPS) is 24.4. The fourth-order valence-corrected chi connectivity index (χ4v) is 6.90. The summed E-state index contributed by atoms with van der Waals surface area (Å²) < 4.78 is 0. The Labute approximate surface area is 196 Å². The maximum absolute atomic E-state index is 13.2. The topological polar surface area (TPSA) is 35.6 Å². The summed E-state index contributed by atoms with van der Waals surface area (Å²) in [5, 5.41) is 3.43. The van der Waals surface area contributed by atoms with Crippen molar-refractivity contribution >= 4 is 6.03 Å². The minimum absolute atomic E-state index is 0.0822. The van der Waals surface area contributed by atoms with Crippen molar-refractivity contribution in [1.29, 1.82) is 0 Å². The zero-order chi connectivity index (χ0) is 22.7. The van der Waals surface area contributed by atoms with E-state index in [1.807, 2.05) is 4.90 Å². The first kappa shape index (κ1) is 23.6. The molecule has 1 heterocycles. The van der Waals surface area contributed by atoms with Crippen LogP contribution >= 0.6 is 0 Å². The molecule has 0 unspecified atom stereocenters. The number of hydrogen-bond acceptors (Lipinski definition) is 2. The molecule has 32 heavy (non-hydrogen) atoms. The molecule has 4 rings (SSSR count). The monoisotopic (exact) mass is 439 g/mol. The van der Waals surface area contributed by atoms with Crippen molar-refractivity contribution in [3.8, 4) is 0 Å². The molecule has 0 radical (unpaired) electrons. The van der Waals surface area contributed by atoms with Crippen molar-refractivity contribution in [2.45, 2.75) is 121 Å². The van der Waals surface area contributed by atoms with Crippen LogP contribution in [0.5, 0.6) is 0 Å². The predicted octanol–water partition coefficient (Wildman–Crippen LogP) is 6.41. The third-order valence-electron chi connectivity index (χ3n) is 8.49. The summed E-state index contributed by atoms with van der Waals surface area (Å²) in [6.45, 7) is 10.8. The van der Waals surface area contributed by atoms with Crippen LogP contribution in [0.1, 0.15) is 109 Å². The Morgan fingerprint density at radius 2 is 1.56 bits per heavy atom. The van der Waals surface area contributed by atoms with E-state index in [-0.39, 0.29) is 29.6 Å². The minimum Gasteiger partial charge on any atom is -0.331 e. The molecular weight excluding hydrogens is 394 g/mol. The largest absolute Gasteiger partial charge is 0.331 e. The highest BCUT2D eigenvalue weighted by Gasteiger charge is 2.46. The predicted molar refractivity (Wildman–Crippen MR) is 133 cm³/mol. The first-order valence-corrected chi connectivity index (χ1v) is 13.3. The lowest BCUT2D eigenvalue weighted by Gasteiger charge is -2.44. The molecule has 1 saturated carbocycles. The second-order valence-electron chi connectivity index (χ2n) is 11.2. The van der Waals surface area contributed by atoms with Crippen LogP contribution in [0.15, 0.2) is 24.3 Å². The standard InChI is InChI=1S/C28H45N3O/c1-21(2)31(22(3)4)27(32)29-26-20-28(25-15-11-10-14-24(25)26)16-18-30(19-17-28)23-12-8-6-5-7-9-13-23/h10-11,14-15,21-23,26H,5-9,12-13,16-20H2,1-4H3,(H,29,32)/t26-/m0/s1. The molecule has 1 aliphatic heterocycles. The maximum atomic E-state index is 13.2. The Morgan fingerprint density at radius 1 is 0.969 bits per heavy atom. The summed E-state index contributed by atoms with van der Waals surface area (Å²) in [7, 11) is 0. The highest BCUT2D eigenvalue weighted by atomic mass is 16.2. The van der Waals surface area contributed by atoms with Crippen molar-refractivity contribution in [3.05, 3.63) is 35.4 Å². The van der Waals surface area contributed by atoms with Gasteiger partial charge in [0.15, 0.2) is 0 Å². The number of hydrogen-bond donors (Lipinski definition) is 1. The van der Waals surface area contributed by atoms with Crippen molar-refractivity contribution in [2.24, 2.45) is 0 Å². The summed E-state index contributed by atoms with van der Waals surface area (Å²) in [6, 6.07) is 10.3. The zero-order valence-electron chi connectivity index (χ0n) is 20.9. The lowest BCUT2D eigenvalue weighted by molar-refractivity contribution is 0.0948. The lowest BCUT2D eigenvalue weighted by Crippen LogP contribution is -2.49. The Kier molecular flexibility index (Phi) is 7.49. The molecule has 178 valence electrons. The first-order valence-electron chi connectivity index (χ1n) is 13.3. The van der Waals surface area contributed by atoms with E-state index in [2.05, 4.69) is 62.2 Å². The Bertz CT molecular complexity index is 750. The number of amides is 2. The molecule has 0 bridgehead atoms. The maximum Gasteiger partial charge on any atom is 0.318 e. The second-order valence-corrected chi connectivity index (χ2v) is 11.2. The Balaban J connectivity index is 1.46. The molecule has 1 aromatic rings. The third kappa shape index (κ3) is 4.85. The van der Waals surface area contributed by atoms with Crippen LogP contribution in [-0.2, 0) is 5.41 Å². The van der Waals surface area contributed by atoms with Gasteiger partial charge in [-0.05, 0) is 84.0 Å². The summed E-state index contributed by atoms with van der Waals surface area (Å²) in [6.07, 6.45) is 13.4. The average Bonchev–Trinajstić information content (AvgIpc) is 3.01. The molecule has 4 nitrogen and oxygen atoms in total. The second kappa shape index (κ2) is 10.2. The Morgan fingerprint density at radius 3 is 2.19 bits per heavy atom. The van der Waals surface area contributed by atoms with E-state index in [0.717, 1.165) is 12.5 Å². The van der Waals surface area contributed by atoms with Crippen LogP contribution in [0.2, 0.25) is 0 Å². The Hall–Kier alpha value is -1.55. The number of nitrogens with zero attached hydrogens (tertiary/aromatic N) is 2. The summed E-state index contributed by atoms with van der Waals surface area (Å²) in [5.74, 6) is 0. The molecule has 1 atom stereocenters. The van der Waals surface area contributed by atoms with Crippen molar-refractivity contribution in [3.63, 3.8) is 0 Å². The van der Waals surface area contributed by atoms with Gasteiger partial charge in [-0.15, -0.1) is 0 Å². The minimum atomic E-state index is 0.0822. The molecule has 2 amide bonds. The van der Waals surface area contributed by atoms with Gasteiger partial charge in [0.25, 0.3) is 0 Å². The molecular formula is C28H45N3O. The molecule has 2 aliphatic carbocycles. The molecule has 3 aliphatic rings. The van der Waals surface area contributed by atoms with Crippen molar-refractivity contribution in [2.75, 3.05) is 13.1 Å². The molecule has 1 aromatic carbocycles. The number of rotatable bonds is 4. The molecule has 0 aromatic heterocycles. The van der Waals surface area contributed by atoms with E-state index < -0.39 is 0 Å². The van der Waals surface area contributed by atoms with Crippen molar-refractivity contribution in [1.82, 2.24) is 15.1 Å². The summed E-state index contributed by atoms with van der Waals surface area (Å²) in [4.78, 5) is 18.0. The van der Waals surface area contributed by atoms with E-state index in [9.17, 15) is 4.79 Å². The van der Waals surface area contributed by atoms with E-state index in [1.54, 1.807) is 0 Å². The van der Waals surface area contributed by atoms with Crippen LogP contribution in [0.3, 0.4) is 0 Å². The number of benzene rings is 1. The van der Waals surface area contributed by atoms with E-state index in [1.165, 1.54) is 82.0 Å². The number of urea groups is 1. The number of fused-ring (bicyclic) bond motifs is 2. The fraction of sp³-hybridized carbons (Fsp3) is 0.750. The van der Waals surface area contributed by atoms with Gasteiger partial charge in [-0.2, -0.15) is 0 Å². The first-order chi connectivity index (χ1) is 15.4. The summed E-state index contributed by atoms with van der Waals surface area (Å²) >= 11 is 0. The van der Waals surface area contributed by atoms with E-state index >= 15 is 0 Å². The number of carbonyl (C=O) groups excluding carboxylic acids is 1. The van der Waals surface area contributed by atoms with Crippen LogP contribution in [-0.4, -0.2) is 47.0 Å². The lowest BCUT2D eigenvalue weighted by atomic mass is 9.73. The molecule has 4 heteroatoms. The van der Waals surface area contributed by atoms with E-state index in [4.69, 9.17) is 0 Å². The van der Waals surface area contributed by atoms with Crippen LogP contribution in [0, 0.1) is 0 Å². The van der Waals surface area contributed by atoms with Gasteiger partial charge < -0.3 is 15.1 Å². The average molecular weight is 440 g/mol. The number of carbonyl (C=O) groups is 1. The number of nitrogens with one attached hydrogen (secondary N) is 1. The summed E-state index contributed by atoms with van der Waals surface area (Å²) in [5.41, 5.74) is 3.09. The van der Waals surface area contributed by atoms with Crippen molar-refractivity contribution < 1.29 is 4.79 Å². The zero-order valence-corrected chi connectivity index (χ0v) is 20.9. The fourth-order valence-electron chi connectivity index (χ4n) is 6.90. The highest BCUT2D eigenvalue weighted by molar-refractivity contribution is 5.75. The van der Waals surface area contributed by atoms with Crippen LogP contribution in [0.25, 0.3) is 0 Å². The van der Waals surface area contributed by atoms with Gasteiger partial charge in [0, 0.05) is 23.5 Å². The number of likely N-dealkylation sites (tertiary alicyclic amines) is 1. The third-order valence-corrected chi connectivity index (χ3v) is 8.49. The van der Waals surface area contributed by atoms with Crippen LogP contribution in [0.4, 0.5) is 4.79 Å². The quantitative estimate of drug-likeness (QED) is 0.589. The van der Waals surface area contributed by atoms with Gasteiger partial charge in [0.1, 0.15) is 0 Å².